The highest BCUT2D eigenvalue weighted by Gasteiger charge is 2.43. The zero-order chi connectivity index (χ0) is 30.6. The minimum absolute atomic E-state index is 0.0305. The number of amides is 2. The zero-order valence-corrected chi connectivity index (χ0v) is 23.9. The molecular formula is C28H28Cl2F3N5O4. The molecule has 2 aliphatic rings. The number of phenols is 1. The number of ketones is 1. The Morgan fingerprint density at radius 3 is 2.24 bits per heavy atom. The number of hydrogen-bond donors (Lipinski definition) is 4. The van der Waals surface area contributed by atoms with E-state index < -0.39 is 47.6 Å². The molecule has 1 fully saturated rings. The molecule has 3 atom stereocenters. The number of carbonyl (C=O) groups is 3. The number of alkyl halides is 3. The molecule has 0 aromatic heterocycles. The molecule has 9 nitrogen and oxygen atoms in total. The van der Waals surface area contributed by atoms with E-state index in [9.17, 15) is 32.7 Å². The van der Waals surface area contributed by atoms with Crippen molar-refractivity contribution in [2.45, 2.75) is 63.0 Å². The van der Waals surface area contributed by atoms with Crippen molar-refractivity contribution in [3.63, 3.8) is 0 Å². The molecule has 224 valence electrons. The highest BCUT2D eigenvalue weighted by Crippen LogP contribution is 2.35. The van der Waals surface area contributed by atoms with E-state index in [-0.39, 0.29) is 40.1 Å². The van der Waals surface area contributed by atoms with E-state index in [2.05, 4.69) is 25.9 Å². The van der Waals surface area contributed by atoms with Crippen LogP contribution in [0.1, 0.15) is 48.9 Å². The van der Waals surface area contributed by atoms with Crippen LogP contribution in [-0.4, -0.2) is 65.6 Å². The van der Waals surface area contributed by atoms with E-state index in [1.807, 2.05) is 0 Å². The maximum Gasteiger partial charge on any atom is 0.407 e. The first kappa shape index (κ1) is 31.5. The van der Waals surface area contributed by atoms with Gasteiger partial charge in [0.15, 0.2) is 11.6 Å². The van der Waals surface area contributed by atoms with Crippen molar-refractivity contribution in [2.24, 2.45) is 9.98 Å². The van der Waals surface area contributed by atoms with Crippen LogP contribution < -0.4 is 16.0 Å². The van der Waals surface area contributed by atoms with Gasteiger partial charge in [-0.25, -0.2) is 4.99 Å². The third kappa shape index (κ3) is 7.87. The Balaban J connectivity index is 1.61. The van der Waals surface area contributed by atoms with Gasteiger partial charge < -0.3 is 15.7 Å². The monoisotopic (exact) mass is 625 g/mol. The summed E-state index contributed by atoms with van der Waals surface area (Å²) in [5.41, 5.74) is 0.597. The van der Waals surface area contributed by atoms with Crippen molar-refractivity contribution >= 4 is 52.8 Å². The van der Waals surface area contributed by atoms with Crippen LogP contribution in [-0.2, 0) is 20.8 Å². The molecule has 4 N–H and O–H groups in total. The quantitative estimate of drug-likeness (QED) is 0.264. The second-order valence-electron chi connectivity index (χ2n) is 9.99. The fourth-order valence-electron chi connectivity index (χ4n) is 4.33. The fraction of sp³-hybridized carbons (Fsp3) is 0.393. The summed E-state index contributed by atoms with van der Waals surface area (Å²) in [4.78, 5) is 46.7. The molecular weight excluding hydrogens is 598 g/mol. The minimum Gasteiger partial charge on any atom is -0.505 e. The summed E-state index contributed by atoms with van der Waals surface area (Å²) in [5, 5.41) is 17.0. The Bertz CT molecular complexity index is 1390. The lowest BCUT2D eigenvalue weighted by atomic mass is 9.99. The smallest absolute Gasteiger partial charge is 0.407 e. The number of aliphatic imine (C=N–C) groups is 2. The van der Waals surface area contributed by atoms with Crippen LogP contribution in [0.25, 0.3) is 0 Å². The molecule has 1 saturated carbocycles. The molecule has 1 aliphatic heterocycles. The first-order valence-electron chi connectivity index (χ1n) is 13.2. The number of amidine groups is 1. The molecule has 2 aromatic carbocycles. The Morgan fingerprint density at radius 2 is 1.71 bits per heavy atom. The molecule has 4 rings (SSSR count). The molecule has 1 aliphatic carbocycles. The summed E-state index contributed by atoms with van der Waals surface area (Å²) in [5.74, 6) is -2.73. The average Bonchev–Trinajstić information content (AvgIpc) is 3.58. The molecule has 2 aromatic rings. The number of benzene rings is 2. The van der Waals surface area contributed by atoms with Gasteiger partial charge in [-0.2, -0.15) is 13.2 Å². The van der Waals surface area contributed by atoms with Crippen LogP contribution in [0.5, 0.6) is 5.75 Å². The summed E-state index contributed by atoms with van der Waals surface area (Å²) in [6.07, 6.45) is -2.08. The van der Waals surface area contributed by atoms with Crippen LogP contribution in [0, 0.1) is 0 Å². The molecule has 42 heavy (non-hydrogen) atoms. The number of nitrogens with one attached hydrogen (secondary N) is 3. The van der Waals surface area contributed by atoms with Crippen LogP contribution >= 0.6 is 23.2 Å². The lowest BCUT2D eigenvalue weighted by molar-refractivity contribution is -0.161. The van der Waals surface area contributed by atoms with Crippen molar-refractivity contribution in [2.75, 3.05) is 6.54 Å². The summed E-state index contributed by atoms with van der Waals surface area (Å²) in [6.45, 7) is 1.95. The van der Waals surface area contributed by atoms with Crippen molar-refractivity contribution in [1.82, 2.24) is 16.0 Å². The highest BCUT2D eigenvalue weighted by molar-refractivity contribution is 6.38. The molecule has 0 radical (unpaired) electrons. The van der Waals surface area contributed by atoms with E-state index >= 15 is 0 Å². The molecule has 0 saturated heterocycles. The standard InChI is InChI=1S/C28H28Cl2F3N5O4/c1-2-20(23(40)27(42)36-17-7-8-17)38-26(41)21(13-14-11-18(29)22(39)19(30)12-14)37-24(28(31,32)33)15-3-5-16(6-4-15)25-34-9-10-35-25/h3-6,9,11-12,17,20-21,24,37,39H,2,7-8,10,13H2,1H3,(H,36,42)(H,38,41)/t20-,21-,24-/m0/s1. The Morgan fingerprint density at radius 1 is 1.07 bits per heavy atom. The highest BCUT2D eigenvalue weighted by atomic mass is 35.5. The van der Waals surface area contributed by atoms with Crippen LogP contribution in [0.2, 0.25) is 10.0 Å². The van der Waals surface area contributed by atoms with Gasteiger partial charge in [-0.05, 0) is 48.9 Å². The fourth-order valence-corrected chi connectivity index (χ4v) is 4.87. The summed E-state index contributed by atoms with van der Waals surface area (Å²) in [6, 6.07) is 2.77. The molecule has 0 bridgehead atoms. The van der Waals surface area contributed by atoms with E-state index in [1.54, 1.807) is 13.1 Å². The molecule has 0 unspecified atom stereocenters. The maximum absolute atomic E-state index is 14.4. The van der Waals surface area contributed by atoms with Crippen LogP contribution in [0.4, 0.5) is 13.2 Å². The number of halogens is 5. The normalized spacial score (nSPS) is 16.9. The van der Waals surface area contributed by atoms with Crippen molar-refractivity contribution in [3.8, 4) is 5.75 Å². The molecule has 0 spiro atoms. The summed E-state index contributed by atoms with van der Waals surface area (Å²) in [7, 11) is 0. The number of nitrogens with zero attached hydrogens (tertiary/aromatic N) is 2. The molecule has 1 heterocycles. The topological polar surface area (TPSA) is 132 Å². The van der Waals surface area contributed by atoms with Crippen LogP contribution in [0.3, 0.4) is 0 Å². The summed E-state index contributed by atoms with van der Waals surface area (Å²) < 4.78 is 43.3. The largest absolute Gasteiger partial charge is 0.505 e. The first-order chi connectivity index (χ1) is 19.9. The number of rotatable bonds is 12. The average molecular weight is 626 g/mol. The zero-order valence-electron chi connectivity index (χ0n) is 22.3. The Kier molecular flexibility index (Phi) is 9.90. The van der Waals surface area contributed by atoms with Gasteiger partial charge in [0.1, 0.15) is 6.04 Å². The van der Waals surface area contributed by atoms with Crippen molar-refractivity contribution in [1.29, 1.82) is 0 Å². The first-order valence-corrected chi connectivity index (χ1v) is 13.9. The van der Waals surface area contributed by atoms with Crippen molar-refractivity contribution in [3.05, 3.63) is 63.1 Å². The number of carbonyl (C=O) groups excluding carboxylic acids is 3. The van der Waals surface area contributed by atoms with Gasteiger partial charge in [-0.15, -0.1) is 0 Å². The number of phenolic OH excluding ortho intramolecular Hbond substituents is 1. The second-order valence-corrected chi connectivity index (χ2v) is 10.8. The van der Waals surface area contributed by atoms with E-state index in [1.165, 1.54) is 36.4 Å². The van der Waals surface area contributed by atoms with Gasteiger partial charge in [-0.1, -0.05) is 54.4 Å². The molecule has 2 amide bonds. The Hall–Kier alpha value is -3.48. The number of Topliss-reactive ketones (excluding diaryl/α,β-unsaturated/α-hetero) is 1. The summed E-state index contributed by atoms with van der Waals surface area (Å²) >= 11 is 12.0. The van der Waals surface area contributed by atoms with Gasteiger partial charge in [0.05, 0.1) is 28.7 Å². The van der Waals surface area contributed by atoms with Crippen LogP contribution in [0.15, 0.2) is 46.4 Å². The minimum atomic E-state index is -4.84. The van der Waals surface area contributed by atoms with Gasteiger partial charge in [0, 0.05) is 17.8 Å². The second kappa shape index (κ2) is 13.2. The van der Waals surface area contributed by atoms with Gasteiger partial charge in [0.25, 0.3) is 5.91 Å². The SMILES string of the molecule is CC[C@H](NC(=O)[C@H](Cc1cc(Cl)c(O)c(Cl)c1)N[C@@H](c1ccc(C2=NCC=N2)cc1)C(F)(F)F)C(=O)C(=O)NC1CC1. The van der Waals surface area contributed by atoms with E-state index in [0.29, 0.717) is 17.9 Å². The van der Waals surface area contributed by atoms with Crippen molar-refractivity contribution < 1.29 is 32.7 Å². The third-order valence-electron chi connectivity index (χ3n) is 6.74. The lowest BCUT2D eigenvalue weighted by Gasteiger charge is -2.29. The number of hydrogen-bond acceptors (Lipinski definition) is 7. The van der Waals surface area contributed by atoms with E-state index in [0.717, 1.165) is 12.8 Å². The Labute approximate surface area is 249 Å². The third-order valence-corrected chi connectivity index (χ3v) is 7.32. The number of aromatic hydroxyl groups is 1. The predicted octanol–water partition coefficient (Wildman–Crippen LogP) is 4.08. The van der Waals surface area contributed by atoms with Gasteiger partial charge in [-0.3, -0.25) is 24.7 Å². The molecule has 14 heteroatoms. The van der Waals surface area contributed by atoms with Gasteiger partial charge >= 0.3 is 6.18 Å². The van der Waals surface area contributed by atoms with Gasteiger partial charge in [0.2, 0.25) is 11.7 Å². The van der Waals surface area contributed by atoms with E-state index in [4.69, 9.17) is 23.2 Å². The maximum atomic E-state index is 14.4. The predicted molar refractivity (Wildman–Crippen MR) is 152 cm³/mol. The lowest BCUT2D eigenvalue weighted by Crippen LogP contribution is -2.55.